The lowest BCUT2D eigenvalue weighted by Crippen LogP contribution is -2.11. The lowest BCUT2D eigenvalue weighted by molar-refractivity contribution is -0.136. The number of hydrogen-bond donors (Lipinski definition) is 2. The Kier molecular flexibility index (Phi) is 14.8. The van der Waals surface area contributed by atoms with Crippen LogP contribution in [0.25, 0.3) is 0 Å². The number of thioether (sulfide) groups is 2. The molecule has 0 bridgehead atoms. The van der Waals surface area contributed by atoms with Crippen molar-refractivity contribution in [2.24, 2.45) is 0 Å². The molecule has 0 aliphatic rings. The molecule has 0 aliphatic carbocycles. The van der Waals surface area contributed by atoms with Gasteiger partial charge in [0.25, 0.3) is 0 Å². The van der Waals surface area contributed by atoms with Gasteiger partial charge in [-0.3, -0.25) is 9.59 Å². The maximum atomic E-state index is 12.3. The van der Waals surface area contributed by atoms with Crippen LogP contribution in [-0.2, 0) is 9.59 Å². The van der Waals surface area contributed by atoms with Crippen LogP contribution in [0.1, 0.15) is 91.4 Å². The fourth-order valence-corrected chi connectivity index (χ4v) is 5.07. The van der Waals surface area contributed by atoms with E-state index in [2.05, 4.69) is 37.8 Å². The van der Waals surface area contributed by atoms with E-state index in [9.17, 15) is 9.59 Å². The standard InChI is InChI=1S/C25H41NO3S2/c1-25(2,3)31-19-14-10-8-6-4-5-7-9-11-17-23(27)26-21-15-12-13-16-22(21)30-20-18-24(28)29/h12-13,15-16H,4-11,14,17-20H2,1-3H3,(H,26,27)(H,28,29). The van der Waals surface area contributed by atoms with E-state index in [1.807, 2.05) is 24.3 Å². The van der Waals surface area contributed by atoms with Crippen molar-refractivity contribution < 1.29 is 14.7 Å². The van der Waals surface area contributed by atoms with Crippen molar-refractivity contribution in [2.45, 2.75) is 101 Å². The van der Waals surface area contributed by atoms with E-state index in [0.29, 0.717) is 16.9 Å². The summed E-state index contributed by atoms with van der Waals surface area (Å²) in [6, 6.07) is 7.60. The lowest BCUT2D eigenvalue weighted by atomic mass is 10.1. The van der Waals surface area contributed by atoms with Gasteiger partial charge in [0.05, 0.1) is 12.1 Å². The summed E-state index contributed by atoms with van der Waals surface area (Å²) >= 11 is 3.53. The first kappa shape index (κ1) is 27.9. The van der Waals surface area contributed by atoms with Crippen molar-refractivity contribution in [3.05, 3.63) is 24.3 Å². The highest BCUT2D eigenvalue weighted by molar-refractivity contribution is 8.00. The minimum absolute atomic E-state index is 0.0411. The molecule has 0 saturated heterocycles. The van der Waals surface area contributed by atoms with Crippen molar-refractivity contribution in [1.29, 1.82) is 0 Å². The van der Waals surface area contributed by atoms with Gasteiger partial charge in [-0.05, 0) is 30.7 Å². The van der Waals surface area contributed by atoms with Crippen LogP contribution in [0.2, 0.25) is 0 Å². The smallest absolute Gasteiger partial charge is 0.304 e. The molecule has 2 N–H and O–H groups in total. The van der Waals surface area contributed by atoms with Crippen molar-refractivity contribution in [1.82, 2.24) is 0 Å². The van der Waals surface area contributed by atoms with Gasteiger partial charge in [0.15, 0.2) is 0 Å². The molecule has 0 fully saturated rings. The molecule has 0 radical (unpaired) electrons. The Balaban J connectivity index is 2.05. The highest BCUT2D eigenvalue weighted by Crippen LogP contribution is 2.28. The van der Waals surface area contributed by atoms with Gasteiger partial charge in [0.1, 0.15) is 0 Å². The van der Waals surface area contributed by atoms with E-state index in [1.54, 1.807) is 0 Å². The zero-order valence-electron chi connectivity index (χ0n) is 19.6. The van der Waals surface area contributed by atoms with E-state index in [-0.39, 0.29) is 12.3 Å². The second-order valence-electron chi connectivity index (χ2n) is 8.93. The topological polar surface area (TPSA) is 66.4 Å². The summed E-state index contributed by atoms with van der Waals surface area (Å²) in [5.41, 5.74) is 0.781. The Morgan fingerprint density at radius 3 is 2.03 bits per heavy atom. The third-order valence-corrected chi connectivity index (χ3v) is 7.25. The zero-order chi connectivity index (χ0) is 23.0. The number of para-hydroxylation sites is 1. The van der Waals surface area contributed by atoms with Gasteiger partial charge in [-0.2, -0.15) is 11.8 Å². The number of hydrogen-bond acceptors (Lipinski definition) is 4. The van der Waals surface area contributed by atoms with E-state index in [4.69, 9.17) is 5.11 Å². The number of anilines is 1. The quantitative estimate of drug-likeness (QED) is 0.182. The van der Waals surface area contributed by atoms with Gasteiger partial charge in [-0.25, -0.2) is 0 Å². The molecule has 1 aromatic rings. The summed E-state index contributed by atoms with van der Waals surface area (Å²) in [7, 11) is 0. The molecule has 0 heterocycles. The molecular weight excluding hydrogens is 426 g/mol. The van der Waals surface area contributed by atoms with Crippen molar-refractivity contribution in [2.75, 3.05) is 16.8 Å². The average Bonchev–Trinajstić information content (AvgIpc) is 2.69. The van der Waals surface area contributed by atoms with Crippen LogP contribution < -0.4 is 5.32 Å². The second-order valence-corrected chi connectivity index (χ2v) is 12.0. The maximum Gasteiger partial charge on any atom is 0.304 e. The first-order chi connectivity index (χ1) is 14.8. The first-order valence-corrected chi connectivity index (χ1v) is 13.6. The monoisotopic (exact) mass is 467 g/mol. The van der Waals surface area contributed by atoms with E-state index < -0.39 is 5.97 Å². The van der Waals surface area contributed by atoms with E-state index in [0.717, 1.165) is 23.4 Å². The van der Waals surface area contributed by atoms with Crippen LogP contribution in [0.5, 0.6) is 0 Å². The zero-order valence-corrected chi connectivity index (χ0v) is 21.2. The Bertz CT molecular complexity index is 644. The molecule has 176 valence electrons. The molecule has 0 atom stereocenters. The number of nitrogens with one attached hydrogen (secondary N) is 1. The number of aliphatic carboxylic acids is 1. The Hall–Kier alpha value is -1.14. The molecule has 0 spiro atoms. The highest BCUT2D eigenvalue weighted by Gasteiger charge is 2.09. The molecule has 0 aromatic heterocycles. The molecule has 1 aromatic carbocycles. The Morgan fingerprint density at radius 1 is 0.839 bits per heavy atom. The number of carboxylic acids is 1. The van der Waals surface area contributed by atoms with Crippen LogP contribution in [0.4, 0.5) is 5.69 Å². The van der Waals surface area contributed by atoms with Gasteiger partial charge in [-0.1, -0.05) is 77.8 Å². The molecule has 6 heteroatoms. The van der Waals surface area contributed by atoms with Gasteiger partial charge in [0.2, 0.25) is 5.91 Å². The molecule has 31 heavy (non-hydrogen) atoms. The summed E-state index contributed by atoms with van der Waals surface area (Å²) in [4.78, 5) is 23.9. The summed E-state index contributed by atoms with van der Waals surface area (Å²) in [6.07, 6.45) is 11.8. The molecule has 0 saturated carbocycles. The van der Waals surface area contributed by atoms with Crippen LogP contribution >= 0.6 is 23.5 Å². The number of carbonyl (C=O) groups excluding carboxylic acids is 1. The maximum absolute atomic E-state index is 12.3. The predicted octanol–water partition coefficient (Wildman–Crippen LogP) is 7.62. The highest BCUT2D eigenvalue weighted by atomic mass is 32.2. The molecule has 4 nitrogen and oxygen atoms in total. The minimum Gasteiger partial charge on any atom is -0.481 e. The fraction of sp³-hybridized carbons (Fsp3) is 0.680. The summed E-state index contributed by atoms with van der Waals surface area (Å²) < 4.78 is 0.390. The second kappa shape index (κ2) is 16.5. The van der Waals surface area contributed by atoms with Crippen molar-refractivity contribution in [3.63, 3.8) is 0 Å². The number of benzene rings is 1. The van der Waals surface area contributed by atoms with Crippen molar-refractivity contribution >= 4 is 41.1 Å². The van der Waals surface area contributed by atoms with E-state index in [1.165, 1.54) is 62.5 Å². The largest absolute Gasteiger partial charge is 0.481 e. The lowest BCUT2D eigenvalue weighted by Gasteiger charge is -2.17. The van der Waals surface area contributed by atoms with Gasteiger partial charge in [-0.15, -0.1) is 11.8 Å². The van der Waals surface area contributed by atoms with Gasteiger partial charge >= 0.3 is 5.97 Å². The number of carbonyl (C=O) groups is 2. The van der Waals surface area contributed by atoms with Crippen LogP contribution in [-0.4, -0.2) is 33.2 Å². The van der Waals surface area contributed by atoms with Gasteiger partial charge in [0, 0.05) is 21.8 Å². The number of amides is 1. The number of rotatable bonds is 17. The van der Waals surface area contributed by atoms with Crippen molar-refractivity contribution in [3.8, 4) is 0 Å². The summed E-state index contributed by atoms with van der Waals surface area (Å²) in [5, 5.41) is 11.8. The fourth-order valence-electron chi connectivity index (χ4n) is 3.16. The third-order valence-electron chi connectivity index (χ3n) is 4.82. The summed E-state index contributed by atoms with van der Waals surface area (Å²) in [6.45, 7) is 6.85. The average molecular weight is 468 g/mol. The number of carboxylic acid groups (broad SMARTS) is 1. The normalized spacial score (nSPS) is 11.5. The van der Waals surface area contributed by atoms with Crippen LogP contribution in [0.3, 0.4) is 0 Å². The SMILES string of the molecule is CC(C)(C)SCCCCCCCCCCCC(=O)Nc1ccccc1SCCC(=O)O. The Morgan fingerprint density at radius 2 is 1.42 bits per heavy atom. The predicted molar refractivity (Wildman–Crippen MR) is 136 cm³/mol. The van der Waals surface area contributed by atoms with Gasteiger partial charge < -0.3 is 10.4 Å². The molecule has 0 unspecified atom stereocenters. The molecular formula is C25H41NO3S2. The summed E-state index contributed by atoms with van der Waals surface area (Å²) in [5.74, 6) is 1.01. The third kappa shape index (κ3) is 16.2. The molecule has 0 aliphatic heterocycles. The molecule has 1 amide bonds. The first-order valence-electron chi connectivity index (χ1n) is 11.7. The minimum atomic E-state index is -0.802. The van der Waals surface area contributed by atoms with Crippen LogP contribution in [0, 0.1) is 0 Å². The Labute approximate surface area is 197 Å². The molecule has 1 rings (SSSR count). The number of unbranched alkanes of at least 4 members (excludes halogenated alkanes) is 8. The van der Waals surface area contributed by atoms with Crippen LogP contribution in [0.15, 0.2) is 29.2 Å². The van der Waals surface area contributed by atoms with E-state index >= 15 is 0 Å².